The number of ether oxygens (including phenoxy) is 1. The van der Waals surface area contributed by atoms with Gasteiger partial charge in [-0.15, -0.1) is 0 Å². The molecular weight excluding hydrogens is 208 g/mol. The number of carboxylic acid groups (broad SMARTS) is 1. The van der Waals surface area contributed by atoms with Gasteiger partial charge >= 0.3 is 11.9 Å². The first-order chi connectivity index (χ1) is 7.66. The van der Waals surface area contributed by atoms with Crippen molar-refractivity contribution in [2.24, 2.45) is 47.3 Å². The van der Waals surface area contributed by atoms with Gasteiger partial charge in [0.05, 0.1) is 18.9 Å². The lowest BCUT2D eigenvalue weighted by Gasteiger charge is -2.25. The summed E-state index contributed by atoms with van der Waals surface area (Å²) >= 11 is 0. The molecule has 6 bridgehead atoms. The highest BCUT2D eigenvalue weighted by Gasteiger charge is 2.82. The fourth-order valence-corrected chi connectivity index (χ4v) is 5.53. The van der Waals surface area contributed by atoms with Crippen molar-refractivity contribution >= 4 is 11.9 Å². The smallest absolute Gasteiger partial charge is 0.309 e. The molecule has 5 saturated carbocycles. The number of carbonyl (C=O) groups excluding carboxylic acids is 1. The van der Waals surface area contributed by atoms with Crippen molar-refractivity contribution in [2.75, 3.05) is 7.11 Å². The summed E-state index contributed by atoms with van der Waals surface area (Å²) < 4.78 is 4.80. The second-order valence-corrected chi connectivity index (χ2v) is 5.79. The molecule has 0 saturated heterocycles. The summed E-state index contributed by atoms with van der Waals surface area (Å²) in [5, 5.41) is 9.31. The van der Waals surface area contributed by atoms with E-state index in [4.69, 9.17) is 4.74 Å². The fourth-order valence-electron chi connectivity index (χ4n) is 5.53. The number of carboxylic acids is 1. The molecule has 5 aliphatic rings. The average molecular weight is 222 g/mol. The minimum Gasteiger partial charge on any atom is -0.481 e. The third-order valence-corrected chi connectivity index (χ3v) is 5.69. The Kier molecular flexibility index (Phi) is 1.37. The maximum atomic E-state index is 11.8. The van der Waals surface area contributed by atoms with Crippen LogP contribution in [0.25, 0.3) is 0 Å². The molecule has 0 aromatic rings. The minimum absolute atomic E-state index is 0.279. The van der Waals surface area contributed by atoms with Gasteiger partial charge in [-0.2, -0.15) is 0 Å². The van der Waals surface area contributed by atoms with Gasteiger partial charge < -0.3 is 9.84 Å². The maximum Gasteiger partial charge on any atom is 0.309 e. The lowest BCUT2D eigenvalue weighted by atomic mass is 9.79. The van der Waals surface area contributed by atoms with Crippen molar-refractivity contribution in [2.45, 2.75) is 6.42 Å². The van der Waals surface area contributed by atoms with Crippen molar-refractivity contribution < 1.29 is 19.4 Å². The molecule has 0 aliphatic heterocycles. The number of esters is 1. The van der Waals surface area contributed by atoms with Gasteiger partial charge in [0.15, 0.2) is 0 Å². The van der Waals surface area contributed by atoms with E-state index in [9.17, 15) is 14.7 Å². The van der Waals surface area contributed by atoms with E-state index in [1.807, 2.05) is 0 Å². The molecule has 8 atom stereocenters. The van der Waals surface area contributed by atoms with Gasteiger partial charge in [-0.3, -0.25) is 9.59 Å². The molecule has 8 unspecified atom stereocenters. The molecule has 86 valence electrons. The van der Waals surface area contributed by atoms with Crippen LogP contribution in [0.2, 0.25) is 0 Å². The van der Waals surface area contributed by atoms with E-state index in [2.05, 4.69) is 0 Å². The maximum absolute atomic E-state index is 11.8. The molecule has 0 aromatic heterocycles. The third kappa shape index (κ3) is 0.711. The summed E-state index contributed by atoms with van der Waals surface area (Å²) in [6, 6.07) is 0. The zero-order valence-corrected chi connectivity index (χ0v) is 9.00. The van der Waals surface area contributed by atoms with E-state index in [-0.39, 0.29) is 17.8 Å². The first-order valence-corrected chi connectivity index (χ1v) is 5.97. The van der Waals surface area contributed by atoms with Crippen molar-refractivity contribution in [1.29, 1.82) is 0 Å². The average Bonchev–Trinajstić information content (AvgIpc) is 2.64. The summed E-state index contributed by atoms with van der Waals surface area (Å²) in [5.74, 6) is 1.25. The van der Waals surface area contributed by atoms with E-state index < -0.39 is 11.9 Å². The quantitative estimate of drug-likeness (QED) is 0.695. The van der Waals surface area contributed by atoms with Crippen LogP contribution in [-0.2, 0) is 14.3 Å². The van der Waals surface area contributed by atoms with Crippen molar-refractivity contribution in [3.05, 3.63) is 0 Å². The van der Waals surface area contributed by atoms with Crippen LogP contribution in [-0.4, -0.2) is 24.2 Å². The summed E-state index contributed by atoms with van der Waals surface area (Å²) in [5.41, 5.74) is 0. The van der Waals surface area contributed by atoms with Crippen LogP contribution in [0.5, 0.6) is 0 Å². The van der Waals surface area contributed by atoms with Crippen LogP contribution in [0.1, 0.15) is 6.42 Å². The van der Waals surface area contributed by atoms with Crippen molar-refractivity contribution in [1.82, 2.24) is 0 Å². The number of carbonyl (C=O) groups is 2. The number of methoxy groups -OCH3 is 1. The van der Waals surface area contributed by atoms with Gasteiger partial charge in [0.2, 0.25) is 0 Å². The molecule has 0 amide bonds. The highest BCUT2D eigenvalue weighted by molar-refractivity contribution is 5.83. The van der Waals surface area contributed by atoms with E-state index in [0.29, 0.717) is 23.7 Å². The Labute approximate surface area is 93.0 Å². The minimum atomic E-state index is -0.793. The van der Waals surface area contributed by atoms with Gasteiger partial charge in [-0.25, -0.2) is 0 Å². The molecular formula is C12H14O4. The summed E-state index contributed by atoms with van der Waals surface area (Å²) in [4.78, 5) is 23.1. The molecule has 16 heavy (non-hydrogen) atoms. The molecule has 4 nitrogen and oxygen atoms in total. The Hall–Kier alpha value is -1.06. The fraction of sp³-hybridized carbons (Fsp3) is 0.833. The largest absolute Gasteiger partial charge is 0.481 e. The van der Waals surface area contributed by atoms with Crippen LogP contribution in [0.15, 0.2) is 0 Å². The monoisotopic (exact) mass is 222 g/mol. The molecule has 5 aliphatic carbocycles. The van der Waals surface area contributed by atoms with Crippen LogP contribution in [0.4, 0.5) is 0 Å². The van der Waals surface area contributed by atoms with Crippen LogP contribution in [0, 0.1) is 47.3 Å². The van der Waals surface area contributed by atoms with E-state index in [0.717, 1.165) is 5.92 Å². The lowest BCUT2D eigenvalue weighted by Crippen LogP contribution is -2.36. The number of hydrogen-bond acceptors (Lipinski definition) is 3. The summed E-state index contributed by atoms with van der Waals surface area (Å²) in [6.07, 6.45) is 1.17. The van der Waals surface area contributed by atoms with Crippen LogP contribution >= 0.6 is 0 Å². The topological polar surface area (TPSA) is 63.6 Å². The van der Waals surface area contributed by atoms with E-state index in [1.54, 1.807) is 0 Å². The number of aliphatic carboxylic acids is 1. The zero-order chi connectivity index (χ0) is 11.2. The highest BCUT2D eigenvalue weighted by Crippen LogP contribution is 2.83. The number of hydrogen-bond donors (Lipinski definition) is 1. The Balaban J connectivity index is 1.76. The van der Waals surface area contributed by atoms with Gasteiger partial charge in [-0.05, 0) is 41.9 Å². The molecule has 1 N–H and O–H groups in total. The molecule has 0 spiro atoms. The zero-order valence-electron chi connectivity index (χ0n) is 9.00. The van der Waals surface area contributed by atoms with Crippen LogP contribution in [0.3, 0.4) is 0 Å². The molecule has 5 fully saturated rings. The lowest BCUT2D eigenvalue weighted by molar-refractivity contribution is -0.158. The second-order valence-electron chi connectivity index (χ2n) is 5.79. The third-order valence-electron chi connectivity index (χ3n) is 5.69. The van der Waals surface area contributed by atoms with Gasteiger partial charge in [0, 0.05) is 0 Å². The summed E-state index contributed by atoms with van der Waals surface area (Å²) in [7, 11) is 1.36. The first-order valence-electron chi connectivity index (χ1n) is 5.97. The standard InChI is InChI=1S/C12H14O4/c1-16-12(15)10-8-4-2-3-5(6(3)8)7(4)9(10)11(13)14/h3-10H,2H2,1H3,(H,13,14). The second kappa shape index (κ2) is 2.44. The van der Waals surface area contributed by atoms with E-state index in [1.165, 1.54) is 13.5 Å². The Morgan fingerprint density at radius 2 is 1.62 bits per heavy atom. The predicted octanol–water partition coefficient (Wildman–Crippen LogP) is 0.618. The Morgan fingerprint density at radius 3 is 2.12 bits per heavy atom. The summed E-state index contributed by atoms with van der Waals surface area (Å²) in [6.45, 7) is 0. The van der Waals surface area contributed by atoms with Crippen molar-refractivity contribution in [3.8, 4) is 0 Å². The SMILES string of the molecule is COC(=O)C1C(C(=O)O)C2C3CC4C2C4C31. The Bertz CT molecular complexity index is 404. The normalized spacial score (nSPS) is 58.8. The van der Waals surface area contributed by atoms with Crippen LogP contribution < -0.4 is 0 Å². The number of rotatable bonds is 2. The molecule has 0 aromatic carbocycles. The molecule has 0 radical (unpaired) electrons. The van der Waals surface area contributed by atoms with Crippen molar-refractivity contribution in [3.63, 3.8) is 0 Å². The van der Waals surface area contributed by atoms with Gasteiger partial charge in [-0.1, -0.05) is 0 Å². The molecule has 4 heteroatoms. The van der Waals surface area contributed by atoms with E-state index >= 15 is 0 Å². The predicted molar refractivity (Wildman–Crippen MR) is 52.2 cm³/mol. The van der Waals surface area contributed by atoms with Gasteiger partial charge in [0.25, 0.3) is 0 Å². The Morgan fingerprint density at radius 1 is 1.06 bits per heavy atom. The highest BCUT2D eigenvalue weighted by atomic mass is 16.5. The first kappa shape index (κ1) is 9.02. The van der Waals surface area contributed by atoms with Gasteiger partial charge in [0.1, 0.15) is 0 Å². The molecule has 0 heterocycles. The molecule has 5 rings (SSSR count).